The first kappa shape index (κ1) is 14.0. The van der Waals surface area contributed by atoms with Crippen molar-refractivity contribution in [2.75, 3.05) is 13.1 Å². The summed E-state index contributed by atoms with van der Waals surface area (Å²) in [4.78, 5) is 25.8. The number of carbonyl (C=O) groups excluding carboxylic acids is 2. The number of hydrogen-bond acceptors (Lipinski definition) is 4. The van der Waals surface area contributed by atoms with Crippen molar-refractivity contribution in [3.05, 3.63) is 21.9 Å². The molecule has 2 heterocycles. The van der Waals surface area contributed by atoms with E-state index in [2.05, 4.69) is 28.6 Å². The molecule has 3 amide bonds. The third-order valence-electron chi connectivity index (χ3n) is 3.48. The smallest absolute Gasteiger partial charge is 0.318 e. The number of imide groups is 1. The number of hydrogen-bond donors (Lipinski definition) is 2. The summed E-state index contributed by atoms with van der Waals surface area (Å²) in [5.41, 5.74) is 6.32. The molecule has 0 spiro atoms. The molecule has 0 unspecified atom stereocenters. The van der Waals surface area contributed by atoms with Crippen LogP contribution in [-0.2, 0) is 11.2 Å². The minimum Gasteiger partial charge on any atom is -0.351 e. The number of carbonyl (C=O) groups is 2. The standard InChI is InChI=1S/C13H19N3O2S/c1-2-10-9-5-8-19-11(9)3-6-16(10)7-4-12(17)15-13(14)18/h5,8,10H,2-4,6-7H2,1H3,(H3,14,15,17,18)/t10-/m1/s1. The minimum atomic E-state index is -0.782. The molecule has 5 nitrogen and oxygen atoms in total. The highest BCUT2D eigenvalue weighted by molar-refractivity contribution is 7.10. The van der Waals surface area contributed by atoms with Gasteiger partial charge in [0.15, 0.2) is 0 Å². The summed E-state index contributed by atoms with van der Waals surface area (Å²) in [6, 6.07) is 1.79. The minimum absolute atomic E-state index is 0.304. The van der Waals surface area contributed by atoms with E-state index in [-0.39, 0.29) is 5.91 Å². The van der Waals surface area contributed by atoms with Crippen LogP contribution in [0.25, 0.3) is 0 Å². The summed E-state index contributed by atoms with van der Waals surface area (Å²) < 4.78 is 0. The number of rotatable bonds is 4. The maximum Gasteiger partial charge on any atom is 0.318 e. The van der Waals surface area contributed by atoms with Gasteiger partial charge in [0.05, 0.1) is 0 Å². The van der Waals surface area contributed by atoms with Crippen LogP contribution in [0.2, 0.25) is 0 Å². The van der Waals surface area contributed by atoms with Gasteiger partial charge < -0.3 is 5.73 Å². The van der Waals surface area contributed by atoms with Crippen LogP contribution >= 0.6 is 11.3 Å². The molecule has 0 fully saturated rings. The number of amides is 3. The van der Waals surface area contributed by atoms with E-state index in [1.807, 2.05) is 11.3 Å². The van der Waals surface area contributed by atoms with Crippen molar-refractivity contribution in [1.82, 2.24) is 10.2 Å². The SMILES string of the molecule is CC[C@@H]1c2ccsc2CCN1CCC(=O)NC(N)=O. The summed E-state index contributed by atoms with van der Waals surface area (Å²) in [5.74, 6) is -0.307. The maximum absolute atomic E-state index is 11.5. The fourth-order valence-corrected chi connectivity index (χ4v) is 3.57. The van der Waals surface area contributed by atoms with Gasteiger partial charge in [-0.15, -0.1) is 11.3 Å². The second kappa shape index (κ2) is 6.16. The fourth-order valence-electron chi connectivity index (χ4n) is 2.64. The van der Waals surface area contributed by atoms with Crippen molar-refractivity contribution in [2.45, 2.75) is 32.2 Å². The molecule has 1 atom stereocenters. The maximum atomic E-state index is 11.5. The molecule has 1 aromatic heterocycles. The van der Waals surface area contributed by atoms with Crippen LogP contribution in [0.5, 0.6) is 0 Å². The van der Waals surface area contributed by atoms with Crippen molar-refractivity contribution in [1.29, 1.82) is 0 Å². The lowest BCUT2D eigenvalue weighted by atomic mass is 9.97. The van der Waals surface area contributed by atoms with Gasteiger partial charge in [-0.1, -0.05) is 6.92 Å². The highest BCUT2D eigenvalue weighted by Gasteiger charge is 2.26. The van der Waals surface area contributed by atoms with E-state index in [9.17, 15) is 9.59 Å². The van der Waals surface area contributed by atoms with Gasteiger partial charge in [-0.25, -0.2) is 4.79 Å². The average Bonchev–Trinajstić information content (AvgIpc) is 2.82. The lowest BCUT2D eigenvalue weighted by molar-refractivity contribution is -0.120. The molecule has 104 valence electrons. The molecule has 0 saturated heterocycles. The second-order valence-corrected chi connectivity index (χ2v) is 5.67. The first-order chi connectivity index (χ1) is 9.11. The van der Waals surface area contributed by atoms with Gasteiger partial charge in [0.25, 0.3) is 0 Å². The molecule has 6 heteroatoms. The zero-order valence-corrected chi connectivity index (χ0v) is 11.8. The first-order valence-corrected chi connectivity index (χ1v) is 7.39. The van der Waals surface area contributed by atoms with Gasteiger partial charge in [0.2, 0.25) is 5.91 Å². The molecule has 1 aliphatic rings. The Balaban J connectivity index is 1.94. The Kier molecular flexibility index (Phi) is 4.55. The highest BCUT2D eigenvalue weighted by atomic mass is 32.1. The van der Waals surface area contributed by atoms with E-state index in [1.165, 1.54) is 10.4 Å². The van der Waals surface area contributed by atoms with Crippen molar-refractivity contribution in [3.8, 4) is 0 Å². The molecule has 0 aromatic carbocycles. The van der Waals surface area contributed by atoms with Crippen LogP contribution in [-0.4, -0.2) is 29.9 Å². The molecule has 3 N–H and O–H groups in total. The van der Waals surface area contributed by atoms with E-state index in [1.54, 1.807) is 0 Å². The first-order valence-electron chi connectivity index (χ1n) is 6.51. The Morgan fingerprint density at radius 2 is 2.37 bits per heavy atom. The van der Waals surface area contributed by atoms with E-state index < -0.39 is 6.03 Å². The largest absolute Gasteiger partial charge is 0.351 e. The zero-order valence-electron chi connectivity index (χ0n) is 11.0. The predicted molar refractivity (Wildman–Crippen MR) is 75.0 cm³/mol. The Morgan fingerprint density at radius 1 is 1.58 bits per heavy atom. The lowest BCUT2D eigenvalue weighted by Crippen LogP contribution is -2.40. The molecule has 19 heavy (non-hydrogen) atoms. The van der Waals surface area contributed by atoms with Crippen LogP contribution < -0.4 is 11.1 Å². The highest BCUT2D eigenvalue weighted by Crippen LogP contribution is 2.34. The Labute approximate surface area is 116 Å². The number of fused-ring (bicyclic) bond motifs is 1. The van der Waals surface area contributed by atoms with Gasteiger partial charge in [0.1, 0.15) is 0 Å². The van der Waals surface area contributed by atoms with Gasteiger partial charge in [-0.2, -0.15) is 0 Å². The Hall–Kier alpha value is -1.40. The van der Waals surface area contributed by atoms with E-state index >= 15 is 0 Å². The van der Waals surface area contributed by atoms with Gasteiger partial charge >= 0.3 is 6.03 Å². The van der Waals surface area contributed by atoms with Crippen molar-refractivity contribution in [3.63, 3.8) is 0 Å². The second-order valence-electron chi connectivity index (χ2n) is 4.67. The molecule has 1 aliphatic heterocycles. The molecule has 0 aliphatic carbocycles. The van der Waals surface area contributed by atoms with Crippen LogP contribution in [0.1, 0.15) is 36.2 Å². The Bertz CT molecular complexity index is 472. The third kappa shape index (κ3) is 3.33. The van der Waals surface area contributed by atoms with Crippen molar-refractivity contribution >= 4 is 23.3 Å². The average molecular weight is 281 g/mol. The van der Waals surface area contributed by atoms with Crippen LogP contribution in [0.15, 0.2) is 11.4 Å². The van der Waals surface area contributed by atoms with E-state index in [0.29, 0.717) is 19.0 Å². The zero-order chi connectivity index (χ0) is 13.8. The normalized spacial score (nSPS) is 18.9. The fraction of sp³-hybridized carbons (Fsp3) is 0.538. The third-order valence-corrected chi connectivity index (χ3v) is 4.48. The summed E-state index contributed by atoms with van der Waals surface area (Å²) in [7, 11) is 0. The van der Waals surface area contributed by atoms with E-state index in [0.717, 1.165) is 19.4 Å². The molecule has 1 aromatic rings. The van der Waals surface area contributed by atoms with Gasteiger partial charge in [0, 0.05) is 30.4 Å². The number of urea groups is 1. The van der Waals surface area contributed by atoms with Gasteiger partial charge in [-0.05, 0) is 29.9 Å². The summed E-state index contributed by atoms with van der Waals surface area (Å²) in [6.45, 7) is 3.79. The monoisotopic (exact) mass is 281 g/mol. The van der Waals surface area contributed by atoms with Crippen molar-refractivity contribution < 1.29 is 9.59 Å². The topological polar surface area (TPSA) is 75.4 Å². The number of primary amides is 1. The predicted octanol–water partition coefficient (Wildman–Crippen LogP) is 1.64. The summed E-state index contributed by atoms with van der Waals surface area (Å²) in [6.07, 6.45) is 2.38. The van der Waals surface area contributed by atoms with Gasteiger partial charge in [-0.3, -0.25) is 15.0 Å². The number of nitrogens with two attached hydrogens (primary N) is 1. The summed E-state index contributed by atoms with van der Waals surface area (Å²) >= 11 is 1.81. The van der Waals surface area contributed by atoms with Crippen LogP contribution in [0.4, 0.5) is 4.79 Å². The molecule has 2 rings (SSSR count). The molecular weight excluding hydrogens is 262 g/mol. The summed E-state index contributed by atoms with van der Waals surface area (Å²) in [5, 5.41) is 4.24. The van der Waals surface area contributed by atoms with Crippen LogP contribution in [0.3, 0.4) is 0 Å². The molecule has 0 saturated carbocycles. The number of thiophene rings is 1. The van der Waals surface area contributed by atoms with Crippen molar-refractivity contribution in [2.24, 2.45) is 5.73 Å². The lowest BCUT2D eigenvalue weighted by Gasteiger charge is -2.35. The quantitative estimate of drug-likeness (QED) is 0.881. The Morgan fingerprint density at radius 3 is 3.05 bits per heavy atom. The molecular formula is C13H19N3O2S. The van der Waals surface area contributed by atoms with E-state index in [4.69, 9.17) is 5.73 Å². The van der Waals surface area contributed by atoms with Crippen LogP contribution in [0, 0.1) is 0 Å². The number of nitrogens with zero attached hydrogens (tertiary/aromatic N) is 1. The molecule has 0 radical (unpaired) electrons. The number of nitrogens with one attached hydrogen (secondary N) is 1. The molecule has 0 bridgehead atoms.